The van der Waals surface area contributed by atoms with E-state index in [1.54, 1.807) is 36.1 Å². The first-order valence-electron chi connectivity index (χ1n) is 5.06. The first-order chi connectivity index (χ1) is 8.09. The largest absolute Gasteiger partial charge is 0.391 e. The van der Waals surface area contributed by atoms with Gasteiger partial charge < -0.3 is 5.11 Å². The van der Waals surface area contributed by atoms with Crippen LogP contribution in [0.4, 0.5) is 0 Å². The summed E-state index contributed by atoms with van der Waals surface area (Å²) >= 11 is 12.0. The Balaban J connectivity index is 2.47. The zero-order chi connectivity index (χ0) is 12.4. The van der Waals surface area contributed by atoms with Crippen molar-refractivity contribution in [3.05, 3.63) is 46.5 Å². The first-order valence-corrected chi connectivity index (χ1v) is 5.82. The molecule has 17 heavy (non-hydrogen) atoms. The summed E-state index contributed by atoms with van der Waals surface area (Å²) < 4.78 is 1.57. The summed E-state index contributed by atoms with van der Waals surface area (Å²) in [5.74, 6) is 0. The number of hydrogen-bond acceptors (Lipinski definition) is 3. The lowest BCUT2D eigenvalue weighted by Gasteiger charge is -2.21. The molecule has 2 unspecified atom stereocenters. The van der Waals surface area contributed by atoms with E-state index in [0.717, 1.165) is 5.56 Å². The topological polar surface area (TPSA) is 50.9 Å². The highest BCUT2D eigenvalue weighted by molar-refractivity contribution is 6.35. The SMILES string of the molecule is CC(O)C(c1ccc(Cl)cc1Cl)n1cncn1. The number of halogens is 2. The Bertz CT molecular complexity index is 499. The van der Waals surface area contributed by atoms with Gasteiger partial charge in [0.1, 0.15) is 18.7 Å². The fraction of sp³-hybridized carbons (Fsp3) is 0.273. The standard InChI is InChI=1S/C11H11Cl2N3O/c1-7(17)11(16-6-14-5-15-16)9-3-2-8(12)4-10(9)13/h2-7,11,17H,1H3. The van der Waals surface area contributed by atoms with Crippen molar-refractivity contribution in [2.24, 2.45) is 0 Å². The second-order valence-electron chi connectivity index (χ2n) is 3.73. The van der Waals surface area contributed by atoms with E-state index >= 15 is 0 Å². The molecule has 0 aliphatic carbocycles. The zero-order valence-electron chi connectivity index (χ0n) is 9.09. The van der Waals surface area contributed by atoms with Crippen LogP contribution in [-0.2, 0) is 0 Å². The number of hydrogen-bond donors (Lipinski definition) is 1. The van der Waals surface area contributed by atoms with Gasteiger partial charge in [0.15, 0.2) is 0 Å². The molecule has 1 heterocycles. The highest BCUT2D eigenvalue weighted by atomic mass is 35.5. The van der Waals surface area contributed by atoms with Gasteiger partial charge in [0.05, 0.1) is 6.10 Å². The van der Waals surface area contributed by atoms with Crippen molar-refractivity contribution in [2.75, 3.05) is 0 Å². The van der Waals surface area contributed by atoms with Crippen LogP contribution in [0.3, 0.4) is 0 Å². The Labute approximate surface area is 109 Å². The van der Waals surface area contributed by atoms with E-state index in [0.29, 0.717) is 10.0 Å². The Morgan fingerprint density at radius 1 is 1.35 bits per heavy atom. The number of benzene rings is 1. The molecule has 2 rings (SSSR count). The molecule has 4 nitrogen and oxygen atoms in total. The maximum Gasteiger partial charge on any atom is 0.137 e. The number of aliphatic hydroxyl groups excluding tert-OH is 1. The fourth-order valence-electron chi connectivity index (χ4n) is 1.73. The van der Waals surface area contributed by atoms with Crippen LogP contribution in [0.15, 0.2) is 30.9 Å². The lowest BCUT2D eigenvalue weighted by molar-refractivity contribution is 0.142. The zero-order valence-corrected chi connectivity index (χ0v) is 10.6. The molecule has 1 aromatic heterocycles. The van der Waals surface area contributed by atoms with Crippen molar-refractivity contribution in [1.29, 1.82) is 0 Å². The fourth-order valence-corrected chi connectivity index (χ4v) is 2.25. The molecule has 0 fully saturated rings. The minimum atomic E-state index is -0.643. The second kappa shape index (κ2) is 5.04. The van der Waals surface area contributed by atoms with Crippen molar-refractivity contribution in [2.45, 2.75) is 19.1 Å². The Morgan fingerprint density at radius 2 is 2.12 bits per heavy atom. The van der Waals surface area contributed by atoms with Crippen LogP contribution in [0.25, 0.3) is 0 Å². The van der Waals surface area contributed by atoms with E-state index < -0.39 is 6.10 Å². The highest BCUT2D eigenvalue weighted by Gasteiger charge is 2.22. The summed E-state index contributed by atoms with van der Waals surface area (Å²) in [5.41, 5.74) is 0.761. The molecule has 0 saturated heterocycles. The lowest BCUT2D eigenvalue weighted by Crippen LogP contribution is -2.23. The highest BCUT2D eigenvalue weighted by Crippen LogP contribution is 2.30. The summed E-state index contributed by atoms with van der Waals surface area (Å²) in [5, 5.41) is 14.9. The molecular formula is C11H11Cl2N3O. The Kier molecular flexibility index (Phi) is 3.66. The molecule has 2 aromatic rings. The van der Waals surface area contributed by atoms with Gasteiger partial charge in [-0.1, -0.05) is 29.3 Å². The van der Waals surface area contributed by atoms with Crippen LogP contribution < -0.4 is 0 Å². The maximum absolute atomic E-state index is 9.85. The van der Waals surface area contributed by atoms with E-state index in [2.05, 4.69) is 10.1 Å². The monoisotopic (exact) mass is 271 g/mol. The first kappa shape index (κ1) is 12.4. The van der Waals surface area contributed by atoms with Gasteiger partial charge in [-0.25, -0.2) is 9.67 Å². The Morgan fingerprint density at radius 3 is 2.65 bits per heavy atom. The number of aliphatic hydroxyl groups is 1. The molecular weight excluding hydrogens is 261 g/mol. The van der Waals surface area contributed by atoms with E-state index in [-0.39, 0.29) is 6.04 Å². The van der Waals surface area contributed by atoms with Gasteiger partial charge in [-0.2, -0.15) is 5.10 Å². The molecule has 2 atom stereocenters. The van der Waals surface area contributed by atoms with Crippen molar-refractivity contribution in [3.63, 3.8) is 0 Å². The van der Waals surface area contributed by atoms with E-state index in [4.69, 9.17) is 23.2 Å². The third-order valence-corrected chi connectivity index (χ3v) is 3.02. The molecule has 0 aliphatic heterocycles. The van der Waals surface area contributed by atoms with Crippen molar-refractivity contribution in [3.8, 4) is 0 Å². The molecule has 0 amide bonds. The quantitative estimate of drug-likeness (QED) is 0.934. The van der Waals surface area contributed by atoms with Crippen molar-refractivity contribution >= 4 is 23.2 Å². The molecule has 90 valence electrons. The van der Waals surface area contributed by atoms with Crippen LogP contribution in [0, 0.1) is 0 Å². The minimum absolute atomic E-state index is 0.373. The van der Waals surface area contributed by atoms with Gasteiger partial charge in [0.25, 0.3) is 0 Å². The van der Waals surface area contributed by atoms with Crippen LogP contribution >= 0.6 is 23.2 Å². The van der Waals surface area contributed by atoms with Gasteiger partial charge in [0.2, 0.25) is 0 Å². The van der Waals surface area contributed by atoms with Crippen molar-refractivity contribution in [1.82, 2.24) is 14.8 Å². The van der Waals surface area contributed by atoms with Gasteiger partial charge in [0, 0.05) is 10.0 Å². The summed E-state index contributed by atoms with van der Waals surface area (Å²) in [6.45, 7) is 1.68. The molecule has 0 bridgehead atoms. The van der Waals surface area contributed by atoms with Crippen LogP contribution in [0.2, 0.25) is 10.0 Å². The Hall–Kier alpha value is -1.10. The molecule has 0 aliphatic rings. The normalized spacial score (nSPS) is 14.6. The second-order valence-corrected chi connectivity index (χ2v) is 4.57. The van der Waals surface area contributed by atoms with Crippen LogP contribution in [0.5, 0.6) is 0 Å². The third kappa shape index (κ3) is 2.60. The predicted octanol–water partition coefficient (Wildman–Crippen LogP) is 2.56. The summed E-state index contributed by atoms with van der Waals surface area (Å²) in [4.78, 5) is 3.87. The molecule has 0 radical (unpaired) electrons. The van der Waals surface area contributed by atoms with Gasteiger partial charge in [-0.3, -0.25) is 0 Å². The number of aromatic nitrogens is 3. The minimum Gasteiger partial charge on any atom is -0.391 e. The van der Waals surface area contributed by atoms with Gasteiger partial charge in [-0.05, 0) is 24.6 Å². The average Bonchev–Trinajstić information content (AvgIpc) is 2.74. The summed E-state index contributed by atoms with van der Waals surface area (Å²) in [7, 11) is 0. The smallest absolute Gasteiger partial charge is 0.137 e. The molecule has 0 spiro atoms. The summed E-state index contributed by atoms with van der Waals surface area (Å²) in [6, 6.07) is 4.78. The van der Waals surface area contributed by atoms with Gasteiger partial charge >= 0.3 is 0 Å². The molecule has 1 aromatic carbocycles. The van der Waals surface area contributed by atoms with Crippen LogP contribution in [0.1, 0.15) is 18.5 Å². The molecule has 6 heteroatoms. The number of nitrogens with zero attached hydrogens (tertiary/aromatic N) is 3. The molecule has 0 saturated carbocycles. The van der Waals surface area contributed by atoms with E-state index in [1.165, 1.54) is 6.33 Å². The molecule has 1 N–H and O–H groups in total. The number of rotatable bonds is 3. The average molecular weight is 272 g/mol. The van der Waals surface area contributed by atoms with E-state index in [9.17, 15) is 5.11 Å². The third-order valence-electron chi connectivity index (χ3n) is 2.46. The van der Waals surface area contributed by atoms with Crippen molar-refractivity contribution < 1.29 is 5.11 Å². The van der Waals surface area contributed by atoms with Gasteiger partial charge in [-0.15, -0.1) is 0 Å². The predicted molar refractivity (Wildman–Crippen MR) is 66.3 cm³/mol. The van der Waals surface area contributed by atoms with E-state index in [1.807, 2.05) is 0 Å². The van der Waals surface area contributed by atoms with Crippen LogP contribution in [-0.4, -0.2) is 26.0 Å². The summed E-state index contributed by atoms with van der Waals surface area (Å²) in [6.07, 6.45) is 2.32. The maximum atomic E-state index is 9.85. The lowest BCUT2D eigenvalue weighted by atomic mass is 10.0.